The Hall–Kier alpha value is -0.0831. The molecule has 0 atom stereocenters. The molecule has 1 nitrogen and oxygen atoms in total. The quantitative estimate of drug-likeness (QED) is 0.533. The van der Waals surface area contributed by atoms with E-state index in [2.05, 4.69) is 32.5 Å². The number of hydrogen-bond donors (Lipinski definition) is 0. The molecule has 0 heterocycles. The van der Waals surface area contributed by atoms with Crippen molar-refractivity contribution in [3.8, 4) is 0 Å². The SMILES string of the molecule is CC=C[SiH2]OC(C)(C)C. The maximum atomic E-state index is 5.52. The van der Waals surface area contributed by atoms with Crippen molar-refractivity contribution in [2.45, 2.75) is 33.3 Å². The Morgan fingerprint density at radius 2 is 1.89 bits per heavy atom. The van der Waals surface area contributed by atoms with E-state index in [1.54, 1.807) is 0 Å². The highest BCUT2D eigenvalue weighted by molar-refractivity contribution is 6.34. The fraction of sp³-hybridized carbons (Fsp3) is 0.714. The van der Waals surface area contributed by atoms with Crippen LogP contribution in [0.5, 0.6) is 0 Å². The van der Waals surface area contributed by atoms with Crippen LogP contribution in [-0.4, -0.2) is 15.4 Å². The van der Waals surface area contributed by atoms with Crippen LogP contribution >= 0.6 is 0 Å². The van der Waals surface area contributed by atoms with Crippen LogP contribution in [0.15, 0.2) is 11.8 Å². The lowest BCUT2D eigenvalue weighted by Gasteiger charge is -2.18. The summed E-state index contributed by atoms with van der Waals surface area (Å²) in [5.74, 6) is 0. The lowest BCUT2D eigenvalue weighted by Crippen LogP contribution is -2.20. The summed E-state index contributed by atoms with van der Waals surface area (Å²) in [7, 11) is -0.373. The van der Waals surface area contributed by atoms with Crippen molar-refractivity contribution >= 4 is 9.76 Å². The van der Waals surface area contributed by atoms with E-state index < -0.39 is 0 Å². The third-order valence-corrected chi connectivity index (χ3v) is 2.54. The summed E-state index contributed by atoms with van der Waals surface area (Å²) in [6.07, 6.45) is 2.05. The fourth-order valence-electron chi connectivity index (χ4n) is 0.394. The highest BCUT2D eigenvalue weighted by Crippen LogP contribution is 2.04. The first-order valence-corrected chi connectivity index (χ1v) is 4.71. The van der Waals surface area contributed by atoms with Gasteiger partial charge in [-0.1, -0.05) is 11.8 Å². The van der Waals surface area contributed by atoms with Crippen molar-refractivity contribution in [1.82, 2.24) is 0 Å². The molecule has 54 valence electrons. The van der Waals surface area contributed by atoms with E-state index >= 15 is 0 Å². The molecule has 2 heteroatoms. The summed E-state index contributed by atoms with van der Waals surface area (Å²) in [4.78, 5) is 0. The van der Waals surface area contributed by atoms with E-state index in [9.17, 15) is 0 Å². The fourth-order valence-corrected chi connectivity index (χ4v) is 1.18. The first-order chi connectivity index (χ1) is 4.06. The molecule has 0 aromatic rings. The maximum Gasteiger partial charge on any atom is 0.185 e. The van der Waals surface area contributed by atoms with Gasteiger partial charge in [-0.2, -0.15) is 0 Å². The van der Waals surface area contributed by atoms with Crippen molar-refractivity contribution in [3.05, 3.63) is 11.8 Å². The molecular weight excluding hydrogens is 128 g/mol. The van der Waals surface area contributed by atoms with Crippen LogP contribution in [0, 0.1) is 0 Å². The van der Waals surface area contributed by atoms with Crippen LogP contribution in [0.3, 0.4) is 0 Å². The maximum absolute atomic E-state index is 5.52. The smallest absolute Gasteiger partial charge is 0.185 e. The summed E-state index contributed by atoms with van der Waals surface area (Å²) < 4.78 is 5.52. The molecule has 0 aliphatic rings. The van der Waals surface area contributed by atoms with Gasteiger partial charge in [0.25, 0.3) is 0 Å². The van der Waals surface area contributed by atoms with Gasteiger partial charge in [-0.15, -0.1) is 0 Å². The molecule has 0 aromatic carbocycles. The molecule has 0 aromatic heterocycles. The lowest BCUT2D eigenvalue weighted by molar-refractivity contribution is 0.141. The molecule has 0 spiro atoms. The zero-order valence-corrected chi connectivity index (χ0v) is 8.18. The summed E-state index contributed by atoms with van der Waals surface area (Å²) >= 11 is 0. The monoisotopic (exact) mass is 144 g/mol. The third-order valence-electron chi connectivity index (χ3n) is 0.848. The Kier molecular flexibility index (Phi) is 3.82. The van der Waals surface area contributed by atoms with Crippen molar-refractivity contribution in [1.29, 1.82) is 0 Å². The van der Waals surface area contributed by atoms with Crippen molar-refractivity contribution < 1.29 is 4.43 Å². The molecule has 0 amide bonds. The van der Waals surface area contributed by atoms with E-state index in [0.29, 0.717) is 0 Å². The average Bonchev–Trinajstić information content (AvgIpc) is 1.63. The van der Waals surface area contributed by atoms with Gasteiger partial charge in [0, 0.05) is 5.60 Å². The Balaban J connectivity index is 3.28. The highest BCUT2D eigenvalue weighted by Gasteiger charge is 2.06. The molecule has 0 aliphatic heterocycles. The first-order valence-electron chi connectivity index (χ1n) is 3.31. The standard InChI is InChI=1S/C7H16OSi/c1-5-6-9-8-7(2,3)4/h5-6H,9H2,1-4H3. The molecule has 0 fully saturated rings. The minimum absolute atomic E-state index is 0.0612. The highest BCUT2D eigenvalue weighted by atomic mass is 28.2. The zero-order valence-electron chi connectivity index (χ0n) is 6.77. The molecule has 0 unspecified atom stereocenters. The average molecular weight is 144 g/mol. The van der Waals surface area contributed by atoms with Gasteiger partial charge in [-0.25, -0.2) is 0 Å². The Morgan fingerprint density at radius 3 is 2.22 bits per heavy atom. The molecule has 0 aliphatic carbocycles. The Bertz CT molecular complexity index is 91.6. The van der Waals surface area contributed by atoms with Crippen LogP contribution in [0.25, 0.3) is 0 Å². The van der Waals surface area contributed by atoms with Crippen LogP contribution < -0.4 is 0 Å². The van der Waals surface area contributed by atoms with Gasteiger partial charge in [0.15, 0.2) is 9.76 Å². The molecule has 0 bridgehead atoms. The molecule has 0 rings (SSSR count). The van der Waals surface area contributed by atoms with Crippen LogP contribution in [-0.2, 0) is 4.43 Å². The van der Waals surface area contributed by atoms with Gasteiger partial charge in [0.2, 0.25) is 0 Å². The minimum Gasteiger partial charge on any atom is -0.415 e. The first kappa shape index (κ1) is 8.92. The van der Waals surface area contributed by atoms with Crippen LogP contribution in [0.4, 0.5) is 0 Å². The van der Waals surface area contributed by atoms with Crippen molar-refractivity contribution in [2.75, 3.05) is 0 Å². The van der Waals surface area contributed by atoms with E-state index in [4.69, 9.17) is 4.43 Å². The van der Waals surface area contributed by atoms with Crippen LogP contribution in [0.1, 0.15) is 27.7 Å². The van der Waals surface area contributed by atoms with E-state index in [1.165, 1.54) is 0 Å². The number of allylic oxidation sites excluding steroid dienone is 1. The minimum atomic E-state index is -0.373. The summed E-state index contributed by atoms with van der Waals surface area (Å²) in [6.45, 7) is 8.29. The molecular formula is C7H16OSi. The second kappa shape index (κ2) is 3.85. The second-order valence-electron chi connectivity index (χ2n) is 2.99. The van der Waals surface area contributed by atoms with E-state index in [1.807, 2.05) is 6.92 Å². The molecule has 0 N–H and O–H groups in total. The molecule has 9 heavy (non-hydrogen) atoms. The molecule has 0 saturated carbocycles. The third kappa shape index (κ3) is 7.92. The van der Waals surface area contributed by atoms with Gasteiger partial charge in [0.05, 0.1) is 0 Å². The molecule has 0 saturated heterocycles. The second-order valence-corrected chi connectivity index (χ2v) is 4.09. The zero-order chi connectivity index (χ0) is 7.33. The van der Waals surface area contributed by atoms with Gasteiger partial charge in [0.1, 0.15) is 0 Å². The topological polar surface area (TPSA) is 9.23 Å². The van der Waals surface area contributed by atoms with Gasteiger partial charge >= 0.3 is 0 Å². The summed E-state index contributed by atoms with van der Waals surface area (Å²) in [6, 6.07) is 0. The van der Waals surface area contributed by atoms with E-state index in [-0.39, 0.29) is 15.4 Å². The number of hydrogen-bond acceptors (Lipinski definition) is 1. The normalized spacial score (nSPS) is 14.2. The van der Waals surface area contributed by atoms with Crippen LogP contribution in [0.2, 0.25) is 0 Å². The summed E-state index contributed by atoms with van der Waals surface area (Å²) in [5, 5.41) is 0. The molecule has 0 radical (unpaired) electrons. The lowest BCUT2D eigenvalue weighted by atomic mass is 10.2. The summed E-state index contributed by atoms with van der Waals surface area (Å²) in [5.41, 5.74) is 2.21. The largest absolute Gasteiger partial charge is 0.415 e. The van der Waals surface area contributed by atoms with Gasteiger partial charge in [-0.05, 0) is 27.7 Å². The predicted molar refractivity (Wildman–Crippen MR) is 44.2 cm³/mol. The van der Waals surface area contributed by atoms with Gasteiger partial charge < -0.3 is 4.43 Å². The van der Waals surface area contributed by atoms with Crippen molar-refractivity contribution in [3.63, 3.8) is 0 Å². The van der Waals surface area contributed by atoms with E-state index in [0.717, 1.165) is 0 Å². The predicted octanol–water partition coefficient (Wildman–Crippen LogP) is 1.42. The van der Waals surface area contributed by atoms with Gasteiger partial charge in [-0.3, -0.25) is 0 Å². The number of rotatable bonds is 2. The Labute approximate surface area is 60.1 Å². The van der Waals surface area contributed by atoms with Crippen molar-refractivity contribution in [2.24, 2.45) is 0 Å². The Morgan fingerprint density at radius 1 is 1.33 bits per heavy atom.